The van der Waals surface area contributed by atoms with Gasteiger partial charge in [0.15, 0.2) is 0 Å². The van der Waals surface area contributed by atoms with Crippen LogP contribution in [-0.2, 0) is 4.79 Å². The van der Waals surface area contributed by atoms with Crippen LogP contribution in [0.4, 0.5) is 4.79 Å². The van der Waals surface area contributed by atoms with Gasteiger partial charge < -0.3 is 20.4 Å². The summed E-state index contributed by atoms with van der Waals surface area (Å²) >= 11 is 0. The van der Waals surface area contributed by atoms with Crippen LogP contribution in [0, 0.1) is 0 Å². The summed E-state index contributed by atoms with van der Waals surface area (Å²) in [6.45, 7) is 0.839. The molecule has 6 nitrogen and oxygen atoms in total. The lowest BCUT2D eigenvalue weighted by atomic mass is 10.0. The van der Waals surface area contributed by atoms with E-state index in [0.717, 1.165) is 18.5 Å². The first-order valence-corrected chi connectivity index (χ1v) is 7.34. The predicted molar refractivity (Wildman–Crippen MR) is 87.6 cm³/mol. The molecule has 1 rings (SSSR count). The second kappa shape index (κ2) is 9.04. The summed E-state index contributed by atoms with van der Waals surface area (Å²) in [5, 5.41) is 5.55. The summed E-state index contributed by atoms with van der Waals surface area (Å²) in [5.74, 6) is -0.192. The van der Waals surface area contributed by atoms with E-state index in [9.17, 15) is 9.59 Å². The zero-order valence-electron chi connectivity index (χ0n) is 13.8. The van der Waals surface area contributed by atoms with Gasteiger partial charge in [0.1, 0.15) is 0 Å². The largest absolute Gasteiger partial charge is 0.348 e. The Morgan fingerprint density at radius 2 is 1.73 bits per heavy atom. The summed E-state index contributed by atoms with van der Waals surface area (Å²) < 4.78 is 0. The lowest BCUT2D eigenvalue weighted by Gasteiger charge is -2.21. The van der Waals surface area contributed by atoms with Crippen LogP contribution in [0.2, 0.25) is 0 Å². The topological polar surface area (TPSA) is 64.7 Å². The summed E-state index contributed by atoms with van der Waals surface area (Å²) in [5.41, 5.74) is 1.07. The molecule has 0 saturated heterocycles. The van der Waals surface area contributed by atoms with Gasteiger partial charge in [0.05, 0.1) is 12.6 Å². The van der Waals surface area contributed by atoms with E-state index in [1.165, 1.54) is 4.90 Å². The van der Waals surface area contributed by atoms with Gasteiger partial charge in [0, 0.05) is 14.1 Å². The third-order valence-corrected chi connectivity index (χ3v) is 3.21. The van der Waals surface area contributed by atoms with Crippen molar-refractivity contribution in [2.24, 2.45) is 0 Å². The first kappa shape index (κ1) is 18.0. The van der Waals surface area contributed by atoms with Crippen molar-refractivity contribution in [3.05, 3.63) is 35.9 Å². The Kier molecular flexibility index (Phi) is 7.39. The van der Waals surface area contributed by atoms with E-state index in [1.54, 1.807) is 14.1 Å². The number of benzene rings is 1. The fraction of sp³-hybridized carbons (Fsp3) is 0.500. The smallest absolute Gasteiger partial charge is 0.317 e. The Labute approximate surface area is 132 Å². The molecular formula is C16H26N4O2. The average molecular weight is 306 g/mol. The minimum atomic E-state index is -0.278. The van der Waals surface area contributed by atoms with E-state index in [-0.39, 0.29) is 24.5 Å². The highest BCUT2D eigenvalue weighted by Gasteiger charge is 2.15. The van der Waals surface area contributed by atoms with Crippen molar-refractivity contribution in [2.75, 3.05) is 41.3 Å². The van der Waals surface area contributed by atoms with Crippen LogP contribution in [0.5, 0.6) is 0 Å². The summed E-state index contributed by atoms with van der Waals surface area (Å²) in [4.78, 5) is 27.0. The lowest BCUT2D eigenvalue weighted by molar-refractivity contribution is -0.120. The SMILES string of the molecule is CN(C)CC[C@@H](NC(=O)CNC(=O)N(C)C)c1ccccc1. The Morgan fingerprint density at radius 3 is 2.27 bits per heavy atom. The molecule has 122 valence electrons. The standard InChI is InChI=1S/C16H26N4O2/c1-19(2)11-10-14(13-8-6-5-7-9-13)18-15(21)12-17-16(22)20(3)4/h5-9,14H,10-12H2,1-4H3,(H,17,22)(H,18,21)/t14-/m1/s1. The van der Waals surface area contributed by atoms with Gasteiger partial charge in [-0.2, -0.15) is 0 Å². The van der Waals surface area contributed by atoms with Crippen LogP contribution >= 0.6 is 0 Å². The normalized spacial score (nSPS) is 11.9. The molecule has 0 aliphatic heterocycles. The van der Waals surface area contributed by atoms with Gasteiger partial charge >= 0.3 is 6.03 Å². The summed E-state index contributed by atoms with van der Waals surface area (Å²) in [6, 6.07) is 9.52. The molecule has 0 heterocycles. The number of carbonyl (C=O) groups is 2. The average Bonchev–Trinajstić information content (AvgIpc) is 2.49. The van der Waals surface area contributed by atoms with Crippen molar-refractivity contribution in [1.29, 1.82) is 0 Å². The van der Waals surface area contributed by atoms with Crippen LogP contribution in [0.1, 0.15) is 18.0 Å². The fourth-order valence-corrected chi connectivity index (χ4v) is 1.95. The molecule has 0 aliphatic rings. The Morgan fingerprint density at radius 1 is 1.09 bits per heavy atom. The monoisotopic (exact) mass is 306 g/mol. The third-order valence-electron chi connectivity index (χ3n) is 3.21. The molecule has 6 heteroatoms. The molecule has 0 radical (unpaired) electrons. The second-order valence-corrected chi connectivity index (χ2v) is 5.68. The molecule has 1 aromatic carbocycles. The number of urea groups is 1. The van der Waals surface area contributed by atoms with Crippen LogP contribution in [0.15, 0.2) is 30.3 Å². The first-order chi connectivity index (χ1) is 10.4. The maximum atomic E-state index is 12.0. The van der Waals surface area contributed by atoms with Gasteiger partial charge in [-0.1, -0.05) is 30.3 Å². The van der Waals surface area contributed by atoms with Crippen LogP contribution < -0.4 is 10.6 Å². The number of nitrogens with one attached hydrogen (secondary N) is 2. The molecule has 22 heavy (non-hydrogen) atoms. The maximum absolute atomic E-state index is 12.0. The molecular weight excluding hydrogens is 280 g/mol. The van der Waals surface area contributed by atoms with Gasteiger partial charge in [-0.25, -0.2) is 4.79 Å². The molecule has 0 aromatic heterocycles. The van der Waals surface area contributed by atoms with Crippen LogP contribution in [-0.4, -0.2) is 63.0 Å². The lowest BCUT2D eigenvalue weighted by Crippen LogP contribution is -2.42. The molecule has 0 aliphatic carbocycles. The van der Waals surface area contributed by atoms with Crippen LogP contribution in [0.25, 0.3) is 0 Å². The summed E-state index contributed by atoms with van der Waals surface area (Å²) in [7, 11) is 7.27. The number of rotatable bonds is 7. The van der Waals surface area contributed by atoms with Crippen molar-refractivity contribution >= 4 is 11.9 Å². The van der Waals surface area contributed by atoms with E-state index in [2.05, 4.69) is 15.5 Å². The molecule has 0 bridgehead atoms. The molecule has 3 amide bonds. The molecule has 0 spiro atoms. The van der Waals surface area contributed by atoms with Crippen molar-refractivity contribution in [3.8, 4) is 0 Å². The Bertz CT molecular complexity index is 474. The van der Waals surface area contributed by atoms with E-state index < -0.39 is 0 Å². The van der Waals surface area contributed by atoms with Crippen molar-refractivity contribution < 1.29 is 9.59 Å². The molecule has 0 unspecified atom stereocenters. The van der Waals surface area contributed by atoms with Gasteiger partial charge in [-0.3, -0.25) is 4.79 Å². The second-order valence-electron chi connectivity index (χ2n) is 5.68. The zero-order chi connectivity index (χ0) is 16.5. The van der Waals surface area contributed by atoms with E-state index in [1.807, 2.05) is 44.4 Å². The quantitative estimate of drug-likeness (QED) is 0.792. The minimum absolute atomic E-state index is 0.0255. The number of nitrogens with zero attached hydrogens (tertiary/aromatic N) is 2. The highest BCUT2D eigenvalue weighted by Crippen LogP contribution is 2.16. The van der Waals surface area contributed by atoms with Crippen molar-refractivity contribution in [2.45, 2.75) is 12.5 Å². The van der Waals surface area contributed by atoms with Crippen molar-refractivity contribution in [3.63, 3.8) is 0 Å². The van der Waals surface area contributed by atoms with E-state index in [4.69, 9.17) is 0 Å². The third kappa shape index (κ3) is 6.58. The van der Waals surface area contributed by atoms with E-state index in [0.29, 0.717) is 0 Å². The van der Waals surface area contributed by atoms with Crippen molar-refractivity contribution in [1.82, 2.24) is 20.4 Å². The zero-order valence-corrected chi connectivity index (χ0v) is 13.8. The molecule has 0 fully saturated rings. The van der Waals surface area contributed by atoms with E-state index >= 15 is 0 Å². The maximum Gasteiger partial charge on any atom is 0.317 e. The molecule has 2 N–H and O–H groups in total. The predicted octanol–water partition coefficient (Wildman–Crippen LogP) is 1.07. The van der Waals surface area contributed by atoms with Gasteiger partial charge in [0.2, 0.25) is 5.91 Å². The molecule has 0 saturated carbocycles. The summed E-state index contributed by atoms with van der Waals surface area (Å²) in [6.07, 6.45) is 0.810. The number of hydrogen-bond donors (Lipinski definition) is 2. The molecule has 1 atom stereocenters. The minimum Gasteiger partial charge on any atom is -0.348 e. The van der Waals surface area contributed by atoms with Crippen LogP contribution in [0.3, 0.4) is 0 Å². The fourth-order valence-electron chi connectivity index (χ4n) is 1.95. The number of carbonyl (C=O) groups excluding carboxylic acids is 2. The number of hydrogen-bond acceptors (Lipinski definition) is 3. The Hall–Kier alpha value is -2.08. The van der Waals surface area contributed by atoms with Gasteiger partial charge in [-0.05, 0) is 32.6 Å². The molecule has 1 aromatic rings. The first-order valence-electron chi connectivity index (χ1n) is 7.34. The number of amides is 3. The highest BCUT2D eigenvalue weighted by molar-refractivity contribution is 5.84. The van der Waals surface area contributed by atoms with Gasteiger partial charge in [-0.15, -0.1) is 0 Å². The Balaban J connectivity index is 2.60. The van der Waals surface area contributed by atoms with Gasteiger partial charge in [0.25, 0.3) is 0 Å². The highest BCUT2D eigenvalue weighted by atomic mass is 16.2.